The highest BCUT2D eigenvalue weighted by Gasteiger charge is 2.17. The molecule has 1 heterocycles. The fourth-order valence-corrected chi connectivity index (χ4v) is 2.41. The normalized spacial score (nSPS) is 10.8. The molecular formula is C12H8FN3O3S. The van der Waals surface area contributed by atoms with Gasteiger partial charge in [-0.2, -0.15) is 5.26 Å². The first kappa shape index (κ1) is 13.8. The van der Waals surface area contributed by atoms with E-state index in [4.69, 9.17) is 10.4 Å². The van der Waals surface area contributed by atoms with Crippen LogP contribution < -0.4 is 4.72 Å². The maximum Gasteiger partial charge on any atom is 0.263 e. The van der Waals surface area contributed by atoms with Crippen molar-refractivity contribution in [3.05, 3.63) is 48.0 Å². The van der Waals surface area contributed by atoms with Gasteiger partial charge in [0.05, 0.1) is 5.69 Å². The number of hydrogen-bond donors (Lipinski definition) is 2. The number of halogens is 1. The molecule has 20 heavy (non-hydrogen) atoms. The minimum atomic E-state index is -4.02. The first-order valence-corrected chi connectivity index (χ1v) is 6.78. The zero-order chi connectivity index (χ0) is 14.8. The number of nitrogens with one attached hydrogen (secondary N) is 1. The molecule has 0 unspecified atom stereocenters. The van der Waals surface area contributed by atoms with Crippen LogP contribution in [0.3, 0.4) is 0 Å². The van der Waals surface area contributed by atoms with Gasteiger partial charge in [-0.15, -0.1) is 0 Å². The van der Waals surface area contributed by atoms with Crippen molar-refractivity contribution in [2.75, 3.05) is 4.72 Å². The first-order chi connectivity index (χ1) is 9.42. The Hall–Kier alpha value is -2.66. The third-order valence-corrected chi connectivity index (χ3v) is 3.71. The van der Waals surface area contributed by atoms with E-state index in [2.05, 4.69) is 4.98 Å². The molecule has 0 fully saturated rings. The molecule has 0 saturated carbocycles. The summed E-state index contributed by atoms with van der Waals surface area (Å²) in [6.45, 7) is 0. The maximum atomic E-state index is 13.5. The van der Waals surface area contributed by atoms with Gasteiger partial charge in [0.15, 0.2) is 5.82 Å². The van der Waals surface area contributed by atoms with Crippen LogP contribution >= 0.6 is 0 Å². The molecule has 0 amide bonds. The molecule has 1 aromatic heterocycles. The fourth-order valence-electron chi connectivity index (χ4n) is 1.40. The van der Waals surface area contributed by atoms with E-state index in [-0.39, 0.29) is 22.0 Å². The van der Waals surface area contributed by atoms with Gasteiger partial charge in [-0.3, -0.25) is 4.72 Å². The summed E-state index contributed by atoms with van der Waals surface area (Å²) in [6, 6.07) is 7.21. The Morgan fingerprint density at radius 3 is 2.60 bits per heavy atom. The molecule has 1 aromatic carbocycles. The van der Waals surface area contributed by atoms with Crippen LogP contribution in [0.15, 0.2) is 41.4 Å². The Kier molecular flexibility index (Phi) is 3.54. The van der Waals surface area contributed by atoms with E-state index in [9.17, 15) is 12.8 Å². The second-order valence-corrected chi connectivity index (χ2v) is 5.44. The number of nitriles is 1. The lowest BCUT2D eigenvalue weighted by Crippen LogP contribution is -2.14. The van der Waals surface area contributed by atoms with Gasteiger partial charge in [0.1, 0.15) is 22.4 Å². The van der Waals surface area contributed by atoms with Crippen LogP contribution in [0, 0.1) is 17.1 Å². The number of pyridine rings is 1. The largest absolute Gasteiger partial charge is 0.508 e. The van der Waals surface area contributed by atoms with Crippen molar-refractivity contribution in [2.45, 2.75) is 4.90 Å². The average Bonchev–Trinajstić information content (AvgIpc) is 2.42. The van der Waals surface area contributed by atoms with Gasteiger partial charge >= 0.3 is 0 Å². The minimum Gasteiger partial charge on any atom is -0.508 e. The number of aromatic hydroxyl groups is 1. The quantitative estimate of drug-likeness (QED) is 0.837. The number of anilines is 1. The van der Waals surface area contributed by atoms with Crippen LogP contribution in [0.5, 0.6) is 5.75 Å². The summed E-state index contributed by atoms with van der Waals surface area (Å²) in [6.07, 6.45) is 0.999. The summed E-state index contributed by atoms with van der Waals surface area (Å²) < 4.78 is 39.5. The molecule has 0 radical (unpaired) electrons. The summed E-state index contributed by atoms with van der Waals surface area (Å²) >= 11 is 0. The number of phenolic OH excluding ortho intramolecular Hbond substituents is 1. The van der Waals surface area contributed by atoms with Gasteiger partial charge in [0, 0.05) is 12.3 Å². The third-order valence-electron chi connectivity index (χ3n) is 2.36. The molecule has 102 valence electrons. The molecule has 0 spiro atoms. The van der Waals surface area contributed by atoms with Gasteiger partial charge in [-0.1, -0.05) is 0 Å². The minimum absolute atomic E-state index is 0.0692. The number of nitrogens with zero attached hydrogens (tertiary/aromatic N) is 2. The number of benzene rings is 1. The van der Waals surface area contributed by atoms with Crippen molar-refractivity contribution < 1.29 is 17.9 Å². The topological polar surface area (TPSA) is 103 Å². The molecule has 0 bridgehead atoms. The zero-order valence-corrected chi connectivity index (χ0v) is 10.7. The van der Waals surface area contributed by atoms with E-state index >= 15 is 0 Å². The van der Waals surface area contributed by atoms with Gasteiger partial charge in [-0.05, 0) is 24.3 Å². The summed E-state index contributed by atoms with van der Waals surface area (Å²) in [5.74, 6) is -1.22. The van der Waals surface area contributed by atoms with E-state index in [1.807, 2.05) is 4.72 Å². The van der Waals surface area contributed by atoms with Crippen molar-refractivity contribution in [2.24, 2.45) is 0 Å². The van der Waals surface area contributed by atoms with Crippen LogP contribution in [0.1, 0.15) is 5.69 Å². The average molecular weight is 293 g/mol. The lowest BCUT2D eigenvalue weighted by atomic mass is 10.3. The Labute approximate surface area is 114 Å². The van der Waals surface area contributed by atoms with Gasteiger partial charge < -0.3 is 5.11 Å². The molecule has 0 saturated heterocycles. The monoisotopic (exact) mass is 293 g/mol. The first-order valence-electron chi connectivity index (χ1n) is 5.30. The molecule has 0 atom stereocenters. The molecule has 2 rings (SSSR count). The molecule has 2 N–H and O–H groups in total. The molecule has 0 aliphatic rings. The fraction of sp³-hybridized carbons (Fsp3) is 0. The Morgan fingerprint density at radius 1 is 1.30 bits per heavy atom. The van der Waals surface area contributed by atoms with Crippen LogP contribution in [-0.4, -0.2) is 18.5 Å². The second kappa shape index (κ2) is 5.14. The van der Waals surface area contributed by atoms with Crippen LogP contribution in [0.25, 0.3) is 0 Å². The number of aromatic nitrogens is 1. The highest BCUT2D eigenvalue weighted by molar-refractivity contribution is 7.92. The van der Waals surface area contributed by atoms with E-state index in [0.29, 0.717) is 0 Å². The van der Waals surface area contributed by atoms with Crippen molar-refractivity contribution in [3.8, 4) is 11.8 Å². The van der Waals surface area contributed by atoms with Crippen LogP contribution in [0.4, 0.5) is 10.1 Å². The van der Waals surface area contributed by atoms with Crippen molar-refractivity contribution in [1.29, 1.82) is 5.26 Å². The van der Waals surface area contributed by atoms with Crippen molar-refractivity contribution in [3.63, 3.8) is 0 Å². The summed E-state index contributed by atoms with van der Waals surface area (Å²) in [5, 5.41) is 17.6. The molecule has 0 aliphatic carbocycles. The smallest absolute Gasteiger partial charge is 0.263 e. The third kappa shape index (κ3) is 2.84. The van der Waals surface area contributed by atoms with E-state index in [1.54, 1.807) is 6.07 Å². The molecule has 0 aliphatic heterocycles. The maximum absolute atomic E-state index is 13.5. The summed E-state index contributed by atoms with van der Waals surface area (Å²) in [7, 11) is -4.02. The predicted molar refractivity (Wildman–Crippen MR) is 67.8 cm³/mol. The van der Waals surface area contributed by atoms with Crippen molar-refractivity contribution in [1.82, 2.24) is 4.98 Å². The number of hydrogen-bond acceptors (Lipinski definition) is 5. The van der Waals surface area contributed by atoms with Crippen LogP contribution in [0.2, 0.25) is 0 Å². The zero-order valence-electron chi connectivity index (χ0n) is 9.91. The van der Waals surface area contributed by atoms with Crippen LogP contribution in [-0.2, 0) is 10.0 Å². The second-order valence-electron chi connectivity index (χ2n) is 3.76. The van der Waals surface area contributed by atoms with Gasteiger partial charge in [-0.25, -0.2) is 17.8 Å². The highest BCUT2D eigenvalue weighted by atomic mass is 32.2. The van der Waals surface area contributed by atoms with E-state index in [0.717, 1.165) is 24.4 Å². The number of sulfonamides is 1. The Bertz CT molecular complexity index is 783. The lowest BCUT2D eigenvalue weighted by molar-refractivity contribution is 0.469. The Balaban J connectivity index is 2.33. The van der Waals surface area contributed by atoms with Gasteiger partial charge in [0.25, 0.3) is 10.0 Å². The summed E-state index contributed by atoms with van der Waals surface area (Å²) in [4.78, 5) is 3.42. The summed E-state index contributed by atoms with van der Waals surface area (Å²) in [5.41, 5.74) is -0.230. The lowest BCUT2D eigenvalue weighted by Gasteiger charge is -2.08. The standard InChI is InChI=1S/C12H8FN3O3S/c13-11-5-9(17)2-4-12(11)16-20(18,19)10-3-1-8(6-14)15-7-10/h1-5,7,16-17H. The molecule has 8 heteroatoms. The van der Waals surface area contributed by atoms with Crippen molar-refractivity contribution >= 4 is 15.7 Å². The van der Waals surface area contributed by atoms with E-state index in [1.165, 1.54) is 12.1 Å². The Morgan fingerprint density at radius 2 is 2.05 bits per heavy atom. The van der Waals surface area contributed by atoms with E-state index < -0.39 is 15.8 Å². The number of phenols is 1. The number of rotatable bonds is 3. The molecular weight excluding hydrogens is 285 g/mol. The predicted octanol–water partition coefficient (Wildman–Crippen LogP) is 1.60. The highest BCUT2D eigenvalue weighted by Crippen LogP contribution is 2.22. The van der Waals surface area contributed by atoms with Gasteiger partial charge in [0.2, 0.25) is 0 Å². The SMILES string of the molecule is N#Cc1ccc(S(=O)(=O)Nc2ccc(O)cc2F)cn1. The molecule has 2 aromatic rings. The molecule has 6 nitrogen and oxygen atoms in total.